The van der Waals surface area contributed by atoms with Gasteiger partial charge in [0.05, 0.1) is 18.7 Å². The Morgan fingerprint density at radius 2 is 2.27 bits per heavy atom. The first-order valence-corrected chi connectivity index (χ1v) is 4.08. The van der Waals surface area contributed by atoms with Gasteiger partial charge in [-0.05, 0) is 0 Å². The average Bonchev–Trinajstić information content (AvgIpc) is 2.47. The van der Waals surface area contributed by atoms with Crippen molar-refractivity contribution in [1.29, 1.82) is 0 Å². The summed E-state index contributed by atoms with van der Waals surface area (Å²) in [6.45, 7) is 1.48. The number of alkyl halides is 3. The van der Waals surface area contributed by atoms with Gasteiger partial charge in [0.15, 0.2) is 11.7 Å². The lowest BCUT2D eigenvalue weighted by atomic mass is 10.1. The lowest BCUT2D eigenvalue weighted by Crippen LogP contribution is -2.35. The molecule has 0 saturated carbocycles. The van der Waals surface area contributed by atoms with E-state index < -0.39 is 24.4 Å². The summed E-state index contributed by atoms with van der Waals surface area (Å²) < 4.78 is 40.5. The number of aryl methyl sites for hydroxylation is 1. The minimum absolute atomic E-state index is 0.206. The first-order valence-electron chi connectivity index (χ1n) is 4.08. The molecule has 1 aromatic rings. The standard InChI is InChI=1S/C8H9F3N2O2/c1-4-13-3-6(15-4)7(14)5(12)2-8(9,10)11/h3,5H,2,12H2,1H3. The summed E-state index contributed by atoms with van der Waals surface area (Å²) in [4.78, 5) is 14.9. The largest absolute Gasteiger partial charge is 0.438 e. The molecule has 7 heteroatoms. The fourth-order valence-corrected chi connectivity index (χ4v) is 1.00. The van der Waals surface area contributed by atoms with E-state index in [0.717, 1.165) is 6.20 Å². The zero-order valence-electron chi connectivity index (χ0n) is 7.84. The molecule has 1 heterocycles. The SMILES string of the molecule is Cc1ncc(C(=O)C(N)CC(F)(F)F)o1. The molecule has 15 heavy (non-hydrogen) atoms. The van der Waals surface area contributed by atoms with Crippen LogP contribution in [0, 0.1) is 6.92 Å². The molecular formula is C8H9F3N2O2. The molecule has 1 rings (SSSR count). The predicted octanol–water partition coefficient (Wildman–Crippen LogP) is 1.45. The van der Waals surface area contributed by atoms with E-state index in [9.17, 15) is 18.0 Å². The second-order valence-electron chi connectivity index (χ2n) is 3.03. The lowest BCUT2D eigenvalue weighted by Gasteiger charge is -2.10. The third-order valence-corrected chi connectivity index (χ3v) is 1.65. The third-order valence-electron chi connectivity index (χ3n) is 1.65. The Morgan fingerprint density at radius 1 is 1.67 bits per heavy atom. The summed E-state index contributed by atoms with van der Waals surface area (Å²) >= 11 is 0. The van der Waals surface area contributed by atoms with Crippen molar-refractivity contribution in [2.45, 2.75) is 25.6 Å². The molecule has 0 aromatic carbocycles. The maximum atomic E-state index is 11.9. The zero-order chi connectivity index (χ0) is 11.6. The average molecular weight is 222 g/mol. The van der Waals surface area contributed by atoms with Crippen molar-refractivity contribution in [3.8, 4) is 0 Å². The van der Waals surface area contributed by atoms with E-state index in [1.165, 1.54) is 6.92 Å². The first kappa shape index (κ1) is 11.7. The number of ketones is 1. The highest BCUT2D eigenvalue weighted by atomic mass is 19.4. The Kier molecular flexibility index (Phi) is 3.13. The molecule has 0 radical (unpaired) electrons. The molecule has 4 nitrogen and oxygen atoms in total. The van der Waals surface area contributed by atoms with Crippen LogP contribution in [0.5, 0.6) is 0 Å². The number of Topliss-reactive ketones (excluding diaryl/α,β-unsaturated/α-hetero) is 1. The Bertz CT molecular complexity index is 359. The quantitative estimate of drug-likeness (QED) is 0.785. The van der Waals surface area contributed by atoms with Crippen LogP contribution in [0.3, 0.4) is 0 Å². The number of nitrogens with zero attached hydrogens (tertiary/aromatic N) is 1. The van der Waals surface area contributed by atoms with Crippen LogP contribution in [0.15, 0.2) is 10.6 Å². The molecule has 0 bridgehead atoms. The Morgan fingerprint density at radius 3 is 2.67 bits per heavy atom. The molecule has 84 valence electrons. The van der Waals surface area contributed by atoms with E-state index >= 15 is 0 Å². The molecule has 0 saturated heterocycles. The van der Waals surface area contributed by atoms with E-state index in [2.05, 4.69) is 4.98 Å². The van der Waals surface area contributed by atoms with Gasteiger partial charge < -0.3 is 10.2 Å². The van der Waals surface area contributed by atoms with E-state index in [1.807, 2.05) is 0 Å². The summed E-state index contributed by atoms with van der Waals surface area (Å²) in [6, 6.07) is -1.64. The molecule has 1 aromatic heterocycles. The number of oxazole rings is 1. The van der Waals surface area contributed by atoms with Crippen LogP contribution in [0.25, 0.3) is 0 Å². The molecule has 2 N–H and O–H groups in total. The first-order chi connectivity index (χ1) is 6.79. The normalized spacial score (nSPS) is 13.9. The van der Waals surface area contributed by atoms with Crippen molar-refractivity contribution < 1.29 is 22.4 Å². The molecule has 1 unspecified atom stereocenters. The summed E-state index contributed by atoms with van der Waals surface area (Å²) in [5.74, 6) is -0.935. The number of hydrogen-bond acceptors (Lipinski definition) is 4. The highest BCUT2D eigenvalue weighted by molar-refractivity contribution is 5.97. The number of aromatic nitrogens is 1. The highest BCUT2D eigenvalue weighted by Gasteiger charge is 2.34. The van der Waals surface area contributed by atoms with Gasteiger partial charge in [0, 0.05) is 6.92 Å². The van der Waals surface area contributed by atoms with Crippen molar-refractivity contribution in [3.63, 3.8) is 0 Å². The number of carbonyl (C=O) groups is 1. The molecule has 0 aliphatic rings. The summed E-state index contributed by atoms with van der Waals surface area (Å²) in [7, 11) is 0. The number of hydrogen-bond donors (Lipinski definition) is 1. The lowest BCUT2D eigenvalue weighted by molar-refractivity contribution is -0.136. The van der Waals surface area contributed by atoms with Gasteiger partial charge in [-0.3, -0.25) is 4.79 Å². The maximum absolute atomic E-state index is 11.9. The zero-order valence-corrected chi connectivity index (χ0v) is 7.84. The number of halogens is 3. The number of carbonyl (C=O) groups excluding carboxylic acids is 1. The van der Waals surface area contributed by atoms with Crippen LogP contribution in [0.4, 0.5) is 13.2 Å². The fourth-order valence-electron chi connectivity index (χ4n) is 1.00. The summed E-state index contributed by atoms with van der Waals surface area (Å²) in [6.07, 6.45) is -4.77. The second-order valence-corrected chi connectivity index (χ2v) is 3.03. The van der Waals surface area contributed by atoms with E-state index in [1.54, 1.807) is 0 Å². The van der Waals surface area contributed by atoms with E-state index in [0.29, 0.717) is 0 Å². The summed E-state index contributed by atoms with van der Waals surface area (Å²) in [5, 5.41) is 0. The monoisotopic (exact) mass is 222 g/mol. The fraction of sp³-hybridized carbons (Fsp3) is 0.500. The van der Waals surface area contributed by atoms with Gasteiger partial charge >= 0.3 is 6.18 Å². The van der Waals surface area contributed by atoms with Crippen molar-refractivity contribution in [2.24, 2.45) is 5.73 Å². The van der Waals surface area contributed by atoms with Gasteiger partial charge in [-0.1, -0.05) is 0 Å². The smallest absolute Gasteiger partial charge is 0.391 e. The molecule has 1 atom stereocenters. The second kappa shape index (κ2) is 4.01. The number of rotatable bonds is 3. The van der Waals surface area contributed by atoms with Gasteiger partial charge in [-0.2, -0.15) is 13.2 Å². The highest BCUT2D eigenvalue weighted by Crippen LogP contribution is 2.22. The van der Waals surface area contributed by atoms with Crippen LogP contribution in [0.2, 0.25) is 0 Å². The number of nitrogens with two attached hydrogens (primary N) is 1. The van der Waals surface area contributed by atoms with Crippen LogP contribution < -0.4 is 5.73 Å². The molecular weight excluding hydrogens is 213 g/mol. The molecule has 0 spiro atoms. The molecule has 0 fully saturated rings. The van der Waals surface area contributed by atoms with Crippen molar-refractivity contribution in [1.82, 2.24) is 4.98 Å². The van der Waals surface area contributed by atoms with Gasteiger partial charge in [0.1, 0.15) is 0 Å². The van der Waals surface area contributed by atoms with E-state index in [-0.39, 0.29) is 11.7 Å². The third kappa shape index (κ3) is 3.35. The van der Waals surface area contributed by atoms with Crippen molar-refractivity contribution >= 4 is 5.78 Å². The summed E-state index contributed by atoms with van der Waals surface area (Å²) in [5.41, 5.74) is 5.09. The molecule has 0 amide bonds. The topological polar surface area (TPSA) is 69.1 Å². The van der Waals surface area contributed by atoms with Gasteiger partial charge in [-0.25, -0.2) is 4.98 Å². The van der Waals surface area contributed by atoms with Crippen LogP contribution in [0.1, 0.15) is 22.9 Å². The van der Waals surface area contributed by atoms with Crippen LogP contribution >= 0.6 is 0 Å². The van der Waals surface area contributed by atoms with E-state index in [4.69, 9.17) is 10.2 Å². The minimum atomic E-state index is -4.47. The Labute approximate surface area is 83.3 Å². The van der Waals surface area contributed by atoms with Crippen molar-refractivity contribution in [3.05, 3.63) is 17.8 Å². The van der Waals surface area contributed by atoms with Gasteiger partial charge in [-0.15, -0.1) is 0 Å². The molecule has 0 aliphatic heterocycles. The Hall–Kier alpha value is -1.37. The van der Waals surface area contributed by atoms with Gasteiger partial charge in [0.25, 0.3) is 0 Å². The Balaban J connectivity index is 2.69. The maximum Gasteiger partial charge on any atom is 0.391 e. The van der Waals surface area contributed by atoms with Crippen LogP contribution in [-0.2, 0) is 0 Å². The molecule has 0 aliphatic carbocycles. The van der Waals surface area contributed by atoms with Crippen LogP contribution in [-0.4, -0.2) is 23.0 Å². The predicted molar refractivity (Wildman–Crippen MR) is 44.2 cm³/mol. The van der Waals surface area contributed by atoms with Gasteiger partial charge in [0.2, 0.25) is 5.78 Å². The van der Waals surface area contributed by atoms with Crippen molar-refractivity contribution in [2.75, 3.05) is 0 Å². The minimum Gasteiger partial charge on any atom is -0.438 e.